The van der Waals surface area contributed by atoms with E-state index in [-0.39, 0.29) is 0 Å². The lowest BCUT2D eigenvalue weighted by atomic mass is 10.2. The van der Waals surface area contributed by atoms with Crippen LogP contribution < -0.4 is 0 Å². The Balaban J connectivity index is 1.90. The molecular weight excluding hydrogens is 295 g/mol. The number of nitrogens with zero attached hydrogens (tertiary/aromatic N) is 2. The van der Waals surface area contributed by atoms with Crippen molar-refractivity contribution in [2.45, 2.75) is 38.3 Å². The van der Waals surface area contributed by atoms with Crippen LogP contribution in [-0.2, 0) is 17.7 Å². The molecule has 3 rings (SSSR count). The largest absolute Gasteiger partial charge is 0.378 e. The van der Waals surface area contributed by atoms with Crippen molar-refractivity contribution in [3.63, 3.8) is 0 Å². The fraction of sp³-hybridized carbons (Fsp3) is 0.533. The van der Waals surface area contributed by atoms with E-state index in [2.05, 4.69) is 9.55 Å². The van der Waals surface area contributed by atoms with Gasteiger partial charge in [-0.25, -0.2) is 4.98 Å². The quantitative estimate of drug-likeness (QED) is 0.779. The maximum atomic E-state index is 6.35. The summed E-state index contributed by atoms with van der Waals surface area (Å²) in [6, 6.07) is 5.85. The van der Waals surface area contributed by atoms with Crippen LogP contribution in [0.4, 0.5) is 0 Å². The van der Waals surface area contributed by atoms with E-state index in [0.717, 1.165) is 54.3 Å². The Bertz CT molecular complexity index is 591. The third-order valence-corrected chi connectivity index (χ3v) is 4.31. The van der Waals surface area contributed by atoms with Gasteiger partial charge in [-0.1, -0.05) is 17.7 Å². The summed E-state index contributed by atoms with van der Waals surface area (Å²) in [6.45, 7) is 1.78. The number of hydrogen-bond donors (Lipinski definition) is 0. The summed E-state index contributed by atoms with van der Waals surface area (Å²) < 4.78 is 7.91. The van der Waals surface area contributed by atoms with Crippen molar-refractivity contribution in [3.05, 3.63) is 29.0 Å². The predicted molar refractivity (Wildman–Crippen MR) is 82.8 cm³/mol. The van der Waals surface area contributed by atoms with Crippen molar-refractivity contribution in [1.29, 1.82) is 0 Å². The number of halogens is 2. The summed E-state index contributed by atoms with van der Waals surface area (Å²) in [5.74, 6) is 1.59. The molecule has 2 aromatic rings. The highest BCUT2D eigenvalue weighted by molar-refractivity contribution is 6.35. The Morgan fingerprint density at radius 2 is 2.30 bits per heavy atom. The molecule has 1 aliphatic heterocycles. The number of aryl methyl sites for hydroxylation is 2. The number of para-hydroxylation sites is 1. The van der Waals surface area contributed by atoms with Crippen molar-refractivity contribution in [2.24, 2.45) is 0 Å². The zero-order valence-electron chi connectivity index (χ0n) is 11.3. The molecule has 20 heavy (non-hydrogen) atoms. The van der Waals surface area contributed by atoms with Gasteiger partial charge in [0.15, 0.2) is 0 Å². The van der Waals surface area contributed by atoms with Crippen LogP contribution in [0.15, 0.2) is 18.2 Å². The highest BCUT2D eigenvalue weighted by atomic mass is 35.5. The van der Waals surface area contributed by atoms with E-state index in [1.807, 2.05) is 18.2 Å². The predicted octanol–water partition coefficient (Wildman–Crippen LogP) is 4.04. The molecule has 1 atom stereocenters. The third kappa shape index (κ3) is 2.80. The molecule has 1 saturated heterocycles. The number of alkyl halides is 1. The van der Waals surface area contributed by atoms with Crippen molar-refractivity contribution in [3.8, 4) is 0 Å². The van der Waals surface area contributed by atoms with E-state index in [9.17, 15) is 0 Å². The molecule has 0 saturated carbocycles. The maximum absolute atomic E-state index is 6.35. The lowest BCUT2D eigenvalue weighted by molar-refractivity contribution is 0.100. The number of aromatic nitrogens is 2. The summed E-state index contributed by atoms with van der Waals surface area (Å²) in [6.07, 6.45) is 4.47. The molecular formula is C15H18Cl2N2O. The molecule has 2 heterocycles. The van der Waals surface area contributed by atoms with Crippen LogP contribution >= 0.6 is 23.2 Å². The molecule has 1 unspecified atom stereocenters. The molecule has 0 amide bonds. The van der Waals surface area contributed by atoms with Crippen molar-refractivity contribution in [1.82, 2.24) is 9.55 Å². The fourth-order valence-electron chi connectivity index (χ4n) is 2.85. The summed E-state index contributed by atoms with van der Waals surface area (Å²) in [5.41, 5.74) is 1.97. The van der Waals surface area contributed by atoms with Gasteiger partial charge in [0.05, 0.1) is 22.2 Å². The van der Waals surface area contributed by atoms with Gasteiger partial charge in [-0.05, 0) is 31.4 Å². The van der Waals surface area contributed by atoms with E-state index in [1.54, 1.807) is 0 Å². The molecule has 0 bridgehead atoms. The van der Waals surface area contributed by atoms with Crippen LogP contribution in [0.25, 0.3) is 11.0 Å². The average Bonchev–Trinajstić information content (AvgIpc) is 3.05. The first-order valence-corrected chi connectivity index (χ1v) is 8.02. The number of fused-ring (bicyclic) bond motifs is 1. The van der Waals surface area contributed by atoms with Gasteiger partial charge >= 0.3 is 0 Å². The second-order valence-corrected chi connectivity index (χ2v) is 5.94. The summed E-state index contributed by atoms with van der Waals surface area (Å²) in [4.78, 5) is 4.66. The minimum absolute atomic E-state index is 0.374. The van der Waals surface area contributed by atoms with Crippen LogP contribution in [0.1, 0.15) is 25.1 Å². The highest BCUT2D eigenvalue weighted by Gasteiger charge is 2.18. The van der Waals surface area contributed by atoms with Gasteiger partial charge in [-0.3, -0.25) is 0 Å². The average molecular weight is 313 g/mol. The van der Waals surface area contributed by atoms with Crippen LogP contribution in [0.2, 0.25) is 5.02 Å². The van der Waals surface area contributed by atoms with E-state index in [4.69, 9.17) is 27.9 Å². The number of hydrogen-bond acceptors (Lipinski definition) is 2. The molecule has 1 aromatic carbocycles. The van der Waals surface area contributed by atoms with Crippen LogP contribution in [0.5, 0.6) is 0 Å². The molecule has 0 spiro atoms. The Hall–Kier alpha value is -0.770. The molecule has 1 aromatic heterocycles. The van der Waals surface area contributed by atoms with Gasteiger partial charge < -0.3 is 9.30 Å². The van der Waals surface area contributed by atoms with Crippen LogP contribution in [0, 0.1) is 0 Å². The smallest absolute Gasteiger partial charge is 0.111 e. The molecule has 1 fully saturated rings. The maximum Gasteiger partial charge on any atom is 0.111 e. The Kier molecular flexibility index (Phi) is 4.49. The lowest BCUT2D eigenvalue weighted by Crippen LogP contribution is -2.12. The SMILES string of the molecule is ClCCc1nc2cccc(Cl)c2n1CCC1CCCO1. The van der Waals surface area contributed by atoms with Gasteiger partial charge in [0.25, 0.3) is 0 Å². The first-order chi connectivity index (χ1) is 9.79. The van der Waals surface area contributed by atoms with Crippen LogP contribution in [-0.4, -0.2) is 28.1 Å². The van der Waals surface area contributed by atoms with E-state index < -0.39 is 0 Å². The minimum atomic E-state index is 0.374. The van der Waals surface area contributed by atoms with E-state index in [1.165, 1.54) is 6.42 Å². The summed E-state index contributed by atoms with van der Waals surface area (Å²) in [5, 5.41) is 0.753. The zero-order valence-corrected chi connectivity index (χ0v) is 12.8. The molecule has 3 nitrogen and oxygen atoms in total. The number of ether oxygens (including phenoxy) is 1. The number of rotatable bonds is 5. The highest BCUT2D eigenvalue weighted by Crippen LogP contribution is 2.26. The van der Waals surface area contributed by atoms with Gasteiger partial charge in [0.1, 0.15) is 5.82 Å². The molecule has 0 N–H and O–H groups in total. The number of benzene rings is 1. The Labute approximate surface area is 128 Å². The molecule has 0 radical (unpaired) electrons. The second-order valence-electron chi connectivity index (χ2n) is 5.15. The van der Waals surface area contributed by atoms with E-state index in [0.29, 0.717) is 12.0 Å². The second kappa shape index (κ2) is 6.33. The molecule has 108 valence electrons. The normalized spacial score (nSPS) is 19.0. The Morgan fingerprint density at radius 1 is 1.40 bits per heavy atom. The minimum Gasteiger partial charge on any atom is -0.378 e. The summed E-state index contributed by atoms with van der Waals surface area (Å²) in [7, 11) is 0. The van der Waals surface area contributed by atoms with Gasteiger partial charge in [0.2, 0.25) is 0 Å². The van der Waals surface area contributed by atoms with Gasteiger partial charge in [0, 0.05) is 25.5 Å². The third-order valence-electron chi connectivity index (χ3n) is 3.81. The zero-order chi connectivity index (χ0) is 13.9. The number of imidazole rings is 1. The van der Waals surface area contributed by atoms with Gasteiger partial charge in [-0.15, -0.1) is 11.6 Å². The van der Waals surface area contributed by atoms with Crippen molar-refractivity contribution >= 4 is 34.2 Å². The fourth-order valence-corrected chi connectivity index (χ4v) is 3.29. The first-order valence-electron chi connectivity index (χ1n) is 7.11. The van der Waals surface area contributed by atoms with Gasteiger partial charge in [-0.2, -0.15) is 0 Å². The first kappa shape index (κ1) is 14.2. The van der Waals surface area contributed by atoms with Crippen molar-refractivity contribution < 1.29 is 4.74 Å². The monoisotopic (exact) mass is 312 g/mol. The summed E-state index contributed by atoms with van der Waals surface area (Å²) >= 11 is 12.2. The lowest BCUT2D eigenvalue weighted by Gasteiger charge is -2.13. The molecule has 0 aliphatic carbocycles. The standard InChI is InChI=1S/C15H18Cl2N2O/c16-8-6-14-18-13-5-1-4-12(17)15(13)19(14)9-7-11-3-2-10-20-11/h1,4-5,11H,2-3,6-10H2. The van der Waals surface area contributed by atoms with Crippen molar-refractivity contribution in [2.75, 3.05) is 12.5 Å². The molecule has 5 heteroatoms. The topological polar surface area (TPSA) is 27.1 Å². The molecule has 1 aliphatic rings. The van der Waals surface area contributed by atoms with Crippen LogP contribution in [0.3, 0.4) is 0 Å². The van der Waals surface area contributed by atoms with E-state index >= 15 is 0 Å². The Morgan fingerprint density at radius 3 is 3.05 bits per heavy atom.